The van der Waals surface area contributed by atoms with Crippen molar-refractivity contribution in [3.63, 3.8) is 0 Å². The van der Waals surface area contributed by atoms with Crippen LogP contribution in [0.15, 0.2) is 30.3 Å². The Bertz CT molecular complexity index is 727. The third kappa shape index (κ3) is 3.07. The molecular formula is C19H22ClN3O. The molecule has 5 heteroatoms. The summed E-state index contributed by atoms with van der Waals surface area (Å²) in [7, 11) is 0. The number of aromatic amines is 1. The largest absolute Gasteiger partial charge is 0.350 e. The lowest BCUT2D eigenvalue weighted by molar-refractivity contribution is 0.0938. The standard InChI is InChI=1S/C19H22ClN3O/c20-15-7-5-14(6-8-15)19(9-1-2-10-19)12-21-18(24)17-11-16(22-23-17)13-3-4-13/h5-8,11,13H,1-4,9-10,12H2,(H,21,24)(H,22,23). The maximum atomic E-state index is 12.5. The highest BCUT2D eigenvalue weighted by molar-refractivity contribution is 6.30. The zero-order valence-corrected chi connectivity index (χ0v) is 14.4. The lowest BCUT2D eigenvalue weighted by Gasteiger charge is -2.30. The van der Waals surface area contributed by atoms with Gasteiger partial charge >= 0.3 is 0 Å². The maximum absolute atomic E-state index is 12.5. The molecule has 24 heavy (non-hydrogen) atoms. The van der Waals surface area contributed by atoms with Crippen LogP contribution in [0.3, 0.4) is 0 Å². The van der Waals surface area contributed by atoms with E-state index < -0.39 is 0 Å². The number of halogens is 1. The van der Waals surface area contributed by atoms with E-state index in [1.807, 2.05) is 18.2 Å². The van der Waals surface area contributed by atoms with Gasteiger partial charge in [-0.1, -0.05) is 36.6 Å². The first kappa shape index (κ1) is 15.7. The van der Waals surface area contributed by atoms with Crippen LogP contribution in [0.1, 0.15) is 66.2 Å². The molecule has 1 heterocycles. The van der Waals surface area contributed by atoms with Crippen LogP contribution in [-0.2, 0) is 5.41 Å². The predicted octanol–water partition coefficient (Wildman–Crippen LogP) is 4.18. The molecule has 1 aromatic carbocycles. The van der Waals surface area contributed by atoms with E-state index in [9.17, 15) is 4.79 Å². The van der Waals surface area contributed by atoms with Crippen molar-refractivity contribution in [2.75, 3.05) is 6.54 Å². The third-order valence-corrected chi connectivity index (χ3v) is 5.70. The molecule has 2 aromatic rings. The van der Waals surface area contributed by atoms with Crippen molar-refractivity contribution >= 4 is 17.5 Å². The molecule has 2 saturated carbocycles. The van der Waals surface area contributed by atoms with Crippen LogP contribution in [0.2, 0.25) is 5.02 Å². The fourth-order valence-corrected chi connectivity index (χ4v) is 3.95. The number of amides is 1. The van der Waals surface area contributed by atoms with Gasteiger partial charge in [-0.15, -0.1) is 0 Å². The van der Waals surface area contributed by atoms with Crippen molar-refractivity contribution in [3.8, 4) is 0 Å². The zero-order chi connectivity index (χ0) is 16.6. The van der Waals surface area contributed by atoms with Crippen LogP contribution in [-0.4, -0.2) is 22.6 Å². The number of hydrogen-bond acceptors (Lipinski definition) is 2. The second-order valence-corrected chi connectivity index (χ2v) is 7.60. The Labute approximate surface area is 147 Å². The first-order valence-electron chi connectivity index (χ1n) is 8.76. The Morgan fingerprint density at radius 3 is 2.62 bits per heavy atom. The highest BCUT2D eigenvalue weighted by Crippen LogP contribution is 2.41. The lowest BCUT2D eigenvalue weighted by Crippen LogP contribution is -2.39. The monoisotopic (exact) mass is 343 g/mol. The van der Waals surface area contributed by atoms with Gasteiger partial charge < -0.3 is 5.32 Å². The van der Waals surface area contributed by atoms with Gasteiger partial charge in [0.05, 0.1) is 0 Å². The number of hydrogen-bond donors (Lipinski definition) is 2. The minimum Gasteiger partial charge on any atom is -0.350 e. The second-order valence-electron chi connectivity index (χ2n) is 7.16. The molecule has 1 amide bonds. The first-order valence-corrected chi connectivity index (χ1v) is 9.14. The van der Waals surface area contributed by atoms with E-state index in [-0.39, 0.29) is 11.3 Å². The van der Waals surface area contributed by atoms with Gasteiger partial charge in [0, 0.05) is 28.6 Å². The second kappa shape index (κ2) is 6.25. The van der Waals surface area contributed by atoms with Crippen LogP contribution >= 0.6 is 11.6 Å². The van der Waals surface area contributed by atoms with Gasteiger partial charge in [0.15, 0.2) is 0 Å². The van der Waals surface area contributed by atoms with E-state index in [1.165, 1.54) is 31.2 Å². The Morgan fingerprint density at radius 1 is 1.25 bits per heavy atom. The average molecular weight is 344 g/mol. The Hall–Kier alpha value is -1.81. The molecule has 2 fully saturated rings. The summed E-state index contributed by atoms with van der Waals surface area (Å²) in [6, 6.07) is 9.97. The van der Waals surface area contributed by atoms with Crippen LogP contribution in [0, 0.1) is 0 Å². The van der Waals surface area contributed by atoms with E-state index >= 15 is 0 Å². The Kier molecular flexibility index (Phi) is 4.09. The fraction of sp³-hybridized carbons (Fsp3) is 0.474. The topological polar surface area (TPSA) is 57.8 Å². The summed E-state index contributed by atoms with van der Waals surface area (Å²) in [5, 5.41) is 11.0. The lowest BCUT2D eigenvalue weighted by atomic mass is 9.79. The van der Waals surface area contributed by atoms with E-state index in [0.29, 0.717) is 18.2 Å². The van der Waals surface area contributed by atoms with Gasteiger partial charge in [-0.2, -0.15) is 5.10 Å². The van der Waals surface area contributed by atoms with Gasteiger partial charge in [0.25, 0.3) is 5.91 Å². The number of nitrogens with zero attached hydrogens (tertiary/aromatic N) is 1. The average Bonchev–Trinajstić information content (AvgIpc) is 3.13. The summed E-state index contributed by atoms with van der Waals surface area (Å²) < 4.78 is 0. The van der Waals surface area contributed by atoms with Crippen molar-refractivity contribution in [2.24, 2.45) is 0 Å². The summed E-state index contributed by atoms with van der Waals surface area (Å²) in [6.45, 7) is 0.652. The molecule has 126 valence electrons. The molecule has 1 aromatic heterocycles. The molecule has 0 saturated heterocycles. The summed E-state index contributed by atoms with van der Waals surface area (Å²) in [6.07, 6.45) is 7.00. The molecule has 0 unspecified atom stereocenters. The fourth-order valence-electron chi connectivity index (χ4n) is 3.82. The highest BCUT2D eigenvalue weighted by Gasteiger charge is 2.36. The molecule has 0 atom stereocenters. The summed E-state index contributed by atoms with van der Waals surface area (Å²) >= 11 is 6.02. The van der Waals surface area contributed by atoms with Crippen LogP contribution in [0.4, 0.5) is 0 Å². The van der Waals surface area contributed by atoms with E-state index in [4.69, 9.17) is 11.6 Å². The van der Waals surface area contributed by atoms with Crippen molar-refractivity contribution in [1.29, 1.82) is 0 Å². The number of carbonyl (C=O) groups is 1. The van der Waals surface area contributed by atoms with Crippen molar-refractivity contribution in [1.82, 2.24) is 15.5 Å². The molecule has 2 N–H and O–H groups in total. The van der Waals surface area contributed by atoms with E-state index in [1.54, 1.807) is 0 Å². The van der Waals surface area contributed by atoms with Crippen LogP contribution < -0.4 is 5.32 Å². The smallest absolute Gasteiger partial charge is 0.271 e. The Morgan fingerprint density at radius 2 is 1.96 bits per heavy atom. The number of aromatic nitrogens is 2. The number of rotatable bonds is 5. The molecule has 4 nitrogen and oxygen atoms in total. The zero-order valence-electron chi connectivity index (χ0n) is 13.6. The molecule has 0 bridgehead atoms. The summed E-state index contributed by atoms with van der Waals surface area (Å²) in [5.41, 5.74) is 2.88. The predicted molar refractivity (Wildman–Crippen MR) is 94.5 cm³/mol. The minimum absolute atomic E-state index is 0.0237. The van der Waals surface area contributed by atoms with Crippen molar-refractivity contribution in [2.45, 2.75) is 49.9 Å². The van der Waals surface area contributed by atoms with Gasteiger partial charge in [-0.25, -0.2) is 0 Å². The highest BCUT2D eigenvalue weighted by atomic mass is 35.5. The van der Waals surface area contributed by atoms with Gasteiger partial charge in [-0.3, -0.25) is 9.89 Å². The molecule has 0 spiro atoms. The first-order chi connectivity index (χ1) is 11.7. The molecule has 0 radical (unpaired) electrons. The van der Waals surface area contributed by atoms with Crippen LogP contribution in [0.25, 0.3) is 0 Å². The summed E-state index contributed by atoms with van der Waals surface area (Å²) in [5.74, 6) is 0.493. The van der Waals surface area contributed by atoms with E-state index in [2.05, 4.69) is 27.6 Å². The SMILES string of the molecule is O=C(NCC1(c2ccc(Cl)cc2)CCCC1)c1cc(C2CC2)[nH]n1. The number of benzene rings is 1. The third-order valence-electron chi connectivity index (χ3n) is 5.45. The normalized spacial score (nSPS) is 19.4. The number of H-pyrrole nitrogens is 1. The number of carbonyl (C=O) groups excluding carboxylic acids is 1. The summed E-state index contributed by atoms with van der Waals surface area (Å²) in [4.78, 5) is 12.5. The van der Waals surface area contributed by atoms with Gasteiger partial charge in [-0.05, 0) is 49.4 Å². The van der Waals surface area contributed by atoms with Crippen molar-refractivity contribution in [3.05, 3.63) is 52.3 Å². The van der Waals surface area contributed by atoms with E-state index in [0.717, 1.165) is 23.6 Å². The molecule has 0 aliphatic heterocycles. The molecule has 2 aliphatic rings. The molecular weight excluding hydrogens is 322 g/mol. The molecule has 2 aliphatic carbocycles. The quantitative estimate of drug-likeness (QED) is 0.855. The van der Waals surface area contributed by atoms with Crippen LogP contribution in [0.5, 0.6) is 0 Å². The Balaban J connectivity index is 1.46. The van der Waals surface area contributed by atoms with Gasteiger partial charge in [0.1, 0.15) is 5.69 Å². The maximum Gasteiger partial charge on any atom is 0.271 e. The van der Waals surface area contributed by atoms with Gasteiger partial charge in [0.2, 0.25) is 0 Å². The van der Waals surface area contributed by atoms with Crippen molar-refractivity contribution < 1.29 is 4.79 Å². The molecule has 4 rings (SSSR count). The minimum atomic E-state index is -0.0848. The number of nitrogens with one attached hydrogen (secondary N) is 2.